The van der Waals surface area contributed by atoms with Crippen LogP contribution in [0.1, 0.15) is 15.9 Å². The number of carbonyl (C=O) groups is 1. The summed E-state index contributed by atoms with van der Waals surface area (Å²) >= 11 is 0. The van der Waals surface area contributed by atoms with E-state index in [1.165, 1.54) is 22.9 Å². The number of para-hydroxylation sites is 1. The topological polar surface area (TPSA) is 79.2 Å². The van der Waals surface area contributed by atoms with Crippen molar-refractivity contribution < 1.29 is 4.79 Å². The average Bonchev–Trinajstić information content (AvgIpc) is 2.93. The second kappa shape index (κ2) is 5.69. The summed E-state index contributed by atoms with van der Waals surface area (Å²) in [5, 5.41) is 4.99. The second-order valence-corrected chi connectivity index (χ2v) is 4.86. The van der Waals surface area contributed by atoms with Crippen LogP contribution in [0.5, 0.6) is 0 Å². The molecule has 0 spiro atoms. The SMILES string of the molecule is Cn1cc(C(=O)N/N=C/c2c[nH]c3ccccc23)ccc1=O. The van der Waals surface area contributed by atoms with Crippen LogP contribution in [0.3, 0.4) is 0 Å². The van der Waals surface area contributed by atoms with E-state index < -0.39 is 0 Å². The van der Waals surface area contributed by atoms with E-state index >= 15 is 0 Å². The average molecular weight is 294 g/mol. The molecule has 3 aromatic rings. The maximum atomic E-state index is 12.0. The maximum Gasteiger partial charge on any atom is 0.272 e. The van der Waals surface area contributed by atoms with Crippen LogP contribution in [0.4, 0.5) is 0 Å². The highest BCUT2D eigenvalue weighted by molar-refractivity contribution is 6.00. The molecule has 0 aliphatic heterocycles. The molecule has 0 fully saturated rings. The molecule has 0 saturated heterocycles. The summed E-state index contributed by atoms with van der Waals surface area (Å²) in [6.07, 6.45) is 4.88. The highest BCUT2D eigenvalue weighted by atomic mass is 16.2. The van der Waals surface area contributed by atoms with Crippen LogP contribution in [-0.2, 0) is 7.05 Å². The number of aryl methyl sites for hydroxylation is 1. The fourth-order valence-electron chi connectivity index (χ4n) is 2.15. The van der Waals surface area contributed by atoms with Gasteiger partial charge in [-0.3, -0.25) is 9.59 Å². The normalized spacial score (nSPS) is 11.1. The number of hydrazone groups is 1. The standard InChI is InChI=1S/C16H14N4O2/c1-20-10-11(6-7-15(20)21)16(22)19-18-9-12-8-17-14-5-3-2-4-13(12)14/h2-10,17H,1H3,(H,19,22)/b18-9+. The molecule has 6 heteroatoms. The second-order valence-electron chi connectivity index (χ2n) is 4.86. The summed E-state index contributed by atoms with van der Waals surface area (Å²) in [6.45, 7) is 0. The molecule has 0 bridgehead atoms. The Morgan fingerprint density at radius 3 is 2.91 bits per heavy atom. The van der Waals surface area contributed by atoms with Gasteiger partial charge in [0, 0.05) is 42.0 Å². The van der Waals surface area contributed by atoms with Gasteiger partial charge in [-0.05, 0) is 12.1 Å². The summed E-state index contributed by atoms with van der Waals surface area (Å²) in [7, 11) is 1.59. The first-order valence-corrected chi connectivity index (χ1v) is 6.71. The number of nitrogens with zero attached hydrogens (tertiary/aromatic N) is 2. The molecule has 22 heavy (non-hydrogen) atoms. The van der Waals surface area contributed by atoms with Gasteiger partial charge in [-0.2, -0.15) is 5.10 Å². The predicted octanol–water partition coefficient (Wildman–Crippen LogP) is 1.63. The molecule has 1 amide bonds. The number of carbonyl (C=O) groups excluding carboxylic acids is 1. The van der Waals surface area contributed by atoms with Gasteiger partial charge in [0.1, 0.15) is 0 Å². The Morgan fingerprint density at radius 2 is 2.09 bits per heavy atom. The van der Waals surface area contributed by atoms with E-state index in [9.17, 15) is 9.59 Å². The zero-order valence-electron chi connectivity index (χ0n) is 11.9. The Bertz CT molecular complexity index is 921. The van der Waals surface area contributed by atoms with Crippen molar-refractivity contribution in [3.8, 4) is 0 Å². The zero-order chi connectivity index (χ0) is 15.5. The third kappa shape index (κ3) is 2.67. The molecule has 0 saturated carbocycles. The molecular formula is C16H14N4O2. The lowest BCUT2D eigenvalue weighted by Gasteiger charge is -2.01. The van der Waals surface area contributed by atoms with E-state index in [0.29, 0.717) is 5.56 Å². The van der Waals surface area contributed by atoms with Crippen LogP contribution >= 0.6 is 0 Å². The van der Waals surface area contributed by atoms with Gasteiger partial charge in [-0.25, -0.2) is 5.43 Å². The molecule has 1 aromatic carbocycles. The number of H-pyrrole nitrogens is 1. The Morgan fingerprint density at radius 1 is 1.27 bits per heavy atom. The van der Waals surface area contributed by atoms with Crippen LogP contribution in [0.25, 0.3) is 10.9 Å². The fraction of sp³-hybridized carbons (Fsp3) is 0.0625. The smallest absolute Gasteiger partial charge is 0.272 e. The van der Waals surface area contributed by atoms with Crippen LogP contribution in [-0.4, -0.2) is 21.7 Å². The van der Waals surface area contributed by atoms with Crippen LogP contribution in [0.2, 0.25) is 0 Å². The molecule has 0 radical (unpaired) electrons. The van der Waals surface area contributed by atoms with Crippen molar-refractivity contribution in [2.24, 2.45) is 12.1 Å². The quantitative estimate of drug-likeness (QED) is 0.569. The van der Waals surface area contributed by atoms with E-state index in [-0.39, 0.29) is 11.5 Å². The molecule has 2 heterocycles. The molecule has 0 atom stereocenters. The first kappa shape index (κ1) is 13.8. The van der Waals surface area contributed by atoms with Gasteiger partial charge in [0.2, 0.25) is 5.56 Å². The van der Waals surface area contributed by atoms with Crippen molar-refractivity contribution in [1.82, 2.24) is 15.0 Å². The van der Waals surface area contributed by atoms with Crippen LogP contribution < -0.4 is 11.0 Å². The van der Waals surface area contributed by atoms with Gasteiger partial charge in [-0.15, -0.1) is 0 Å². The Hall–Kier alpha value is -3.15. The van der Waals surface area contributed by atoms with Crippen LogP contribution in [0.15, 0.2) is 58.7 Å². The molecular weight excluding hydrogens is 280 g/mol. The van der Waals surface area contributed by atoms with E-state index in [1.54, 1.807) is 13.3 Å². The number of nitrogens with one attached hydrogen (secondary N) is 2. The summed E-state index contributed by atoms with van der Waals surface area (Å²) < 4.78 is 1.35. The monoisotopic (exact) mass is 294 g/mol. The number of pyridine rings is 1. The lowest BCUT2D eigenvalue weighted by Crippen LogP contribution is -2.22. The largest absolute Gasteiger partial charge is 0.361 e. The van der Waals surface area contributed by atoms with Crippen molar-refractivity contribution in [1.29, 1.82) is 0 Å². The van der Waals surface area contributed by atoms with Crippen LogP contribution in [0, 0.1) is 0 Å². The van der Waals surface area contributed by atoms with Gasteiger partial charge in [0.05, 0.1) is 11.8 Å². The van der Waals surface area contributed by atoms with Gasteiger partial charge in [-0.1, -0.05) is 18.2 Å². The number of amides is 1. The molecule has 0 aliphatic rings. The molecule has 6 nitrogen and oxygen atoms in total. The minimum atomic E-state index is -0.369. The number of aromatic amines is 1. The Labute approximate surface area is 126 Å². The highest BCUT2D eigenvalue weighted by Crippen LogP contribution is 2.15. The number of benzene rings is 1. The van der Waals surface area contributed by atoms with Crippen molar-refractivity contribution >= 4 is 23.0 Å². The van der Waals surface area contributed by atoms with Crippen molar-refractivity contribution in [3.05, 3.63) is 70.3 Å². The van der Waals surface area contributed by atoms with E-state index in [1.807, 2.05) is 30.5 Å². The number of hydrogen-bond donors (Lipinski definition) is 2. The maximum absolute atomic E-state index is 12.0. The minimum Gasteiger partial charge on any atom is -0.361 e. The number of rotatable bonds is 3. The lowest BCUT2D eigenvalue weighted by atomic mass is 10.2. The summed E-state index contributed by atoms with van der Waals surface area (Å²) in [6, 6.07) is 10.6. The van der Waals surface area contributed by atoms with Crippen molar-refractivity contribution in [3.63, 3.8) is 0 Å². The minimum absolute atomic E-state index is 0.168. The first-order valence-electron chi connectivity index (χ1n) is 6.71. The highest BCUT2D eigenvalue weighted by Gasteiger charge is 2.05. The lowest BCUT2D eigenvalue weighted by molar-refractivity contribution is 0.0954. The molecule has 2 N–H and O–H groups in total. The number of fused-ring (bicyclic) bond motifs is 1. The van der Waals surface area contributed by atoms with Gasteiger partial charge < -0.3 is 9.55 Å². The molecule has 0 unspecified atom stereocenters. The Balaban J connectivity index is 1.75. The molecule has 110 valence electrons. The number of hydrogen-bond acceptors (Lipinski definition) is 3. The van der Waals surface area contributed by atoms with E-state index in [4.69, 9.17) is 0 Å². The van der Waals surface area contributed by atoms with Gasteiger partial charge in [0.15, 0.2) is 0 Å². The van der Waals surface area contributed by atoms with E-state index in [2.05, 4.69) is 15.5 Å². The fourth-order valence-corrected chi connectivity index (χ4v) is 2.15. The molecule has 2 aromatic heterocycles. The summed E-state index contributed by atoms with van der Waals surface area (Å²) in [5.74, 6) is -0.369. The number of aromatic nitrogens is 2. The Kier molecular flexibility index (Phi) is 3.57. The predicted molar refractivity (Wildman–Crippen MR) is 85.0 cm³/mol. The third-order valence-electron chi connectivity index (χ3n) is 3.34. The third-order valence-corrected chi connectivity index (χ3v) is 3.34. The van der Waals surface area contributed by atoms with Crippen molar-refractivity contribution in [2.75, 3.05) is 0 Å². The summed E-state index contributed by atoms with van der Waals surface area (Å²) in [4.78, 5) is 26.4. The van der Waals surface area contributed by atoms with E-state index in [0.717, 1.165) is 16.5 Å². The zero-order valence-corrected chi connectivity index (χ0v) is 11.9. The molecule has 3 rings (SSSR count). The van der Waals surface area contributed by atoms with Gasteiger partial charge in [0.25, 0.3) is 5.91 Å². The van der Waals surface area contributed by atoms with Crippen molar-refractivity contribution in [2.45, 2.75) is 0 Å². The molecule has 0 aliphatic carbocycles. The van der Waals surface area contributed by atoms with Gasteiger partial charge >= 0.3 is 0 Å². The summed E-state index contributed by atoms with van der Waals surface area (Å²) in [5.41, 5.74) is 4.55. The first-order chi connectivity index (χ1) is 10.6.